The van der Waals surface area contributed by atoms with E-state index in [0.29, 0.717) is 0 Å². The van der Waals surface area contributed by atoms with Gasteiger partial charge in [0.2, 0.25) is 0 Å². The van der Waals surface area contributed by atoms with Gasteiger partial charge in [-0.15, -0.1) is 0 Å². The lowest BCUT2D eigenvalue weighted by molar-refractivity contribution is 0.671. The summed E-state index contributed by atoms with van der Waals surface area (Å²) in [4.78, 5) is 4.84. The van der Waals surface area contributed by atoms with Crippen molar-refractivity contribution in [3.63, 3.8) is 0 Å². The van der Waals surface area contributed by atoms with Crippen LogP contribution in [0.5, 0.6) is 0 Å². The quantitative estimate of drug-likeness (QED) is 0.238. The highest BCUT2D eigenvalue weighted by Gasteiger charge is 2.27. The van der Waals surface area contributed by atoms with E-state index in [9.17, 15) is 0 Å². The fourth-order valence-corrected chi connectivity index (χ4v) is 6.45. The van der Waals surface area contributed by atoms with Crippen LogP contribution in [-0.2, 0) is 0 Å². The van der Waals surface area contributed by atoms with Gasteiger partial charge >= 0.3 is 0 Å². The lowest BCUT2D eigenvalue weighted by atomic mass is 10.0. The minimum atomic E-state index is 0.890. The molecule has 0 aliphatic heterocycles. The van der Waals surface area contributed by atoms with Crippen LogP contribution < -0.4 is 0 Å². The van der Waals surface area contributed by atoms with Crippen molar-refractivity contribution in [3.8, 4) is 11.5 Å². The average molecular weight is 500 g/mol. The van der Waals surface area contributed by atoms with Crippen LogP contribution >= 0.6 is 0 Å². The Morgan fingerprint density at radius 1 is 0.487 bits per heavy atom. The summed E-state index contributed by atoms with van der Waals surface area (Å²) in [6, 6.07) is 42.4. The third-order valence-electron chi connectivity index (χ3n) is 7.94. The number of pyridine rings is 1. The molecule has 0 saturated heterocycles. The molecular formula is C35H21N3O. The highest BCUT2D eigenvalue weighted by molar-refractivity contribution is 6.39. The summed E-state index contributed by atoms with van der Waals surface area (Å²) in [5, 5.41) is 6.99. The first-order valence-corrected chi connectivity index (χ1v) is 13.2. The average Bonchev–Trinajstić information content (AvgIpc) is 3.66. The number of para-hydroxylation sites is 4. The van der Waals surface area contributed by atoms with Crippen molar-refractivity contribution >= 4 is 65.6 Å². The molecule has 4 aromatic heterocycles. The zero-order valence-corrected chi connectivity index (χ0v) is 20.9. The van der Waals surface area contributed by atoms with E-state index in [-0.39, 0.29) is 0 Å². The number of nitrogens with zero attached hydrogens (tertiary/aromatic N) is 3. The minimum absolute atomic E-state index is 0.890. The zero-order valence-electron chi connectivity index (χ0n) is 20.9. The van der Waals surface area contributed by atoms with Gasteiger partial charge in [0.05, 0.1) is 22.1 Å². The molecule has 0 bridgehead atoms. The van der Waals surface area contributed by atoms with Gasteiger partial charge in [0.15, 0.2) is 5.58 Å². The van der Waals surface area contributed by atoms with Crippen molar-refractivity contribution in [2.24, 2.45) is 0 Å². The zero-order chi connectivity index (χ0) is 25.5. The number of rotatable bonds is 2. The predicted molar refractivity (Wildman–Crippen MR) is 160 cm³/mol. The van der Waals surface area contributed by atoms with E-state index >= 15 is 0 Å². The van der Waals surface area contributed by atoms with Crippen molar-refractivity contribution in [1.29, 1.82) is 0 Å². The summed E-state index contributed by atoms with van der Waals surface area (Å²) in [7, 11) is 0. The van der Waals surface area contributed by atoms with E-state index in [1.807, 2.05) is 18.3 Å². The maximum Gasteiger partial charge on any atom is 0.160 e. The van der Waals surface area contributed by atoms with Crippen LogP contribution in [0, 0.1) is 0 Å². The fourth-order valence-electron chi connectivity index (χ4n) is 6.45. The second-order valence-corrected chi connectivity index (χ2v) is 9.98. The molecule has 0 atom stereocenters. The molecule has 0 spiro atoms. The van der Waals surface area contributed by atoms with Gasteiger partial charge in [-0.05, 0) is 42.5 Å². The van der Waals surface area contributed by atoms with E-state index in [0.717, 1.165) is 60.9 Å². The highest BCUT2D eigenvalue weighted by atomic mass is 16.3. The summed E-state index contributed by atoms with van der Waals surface area (Å²) in [6.07, 6.45) is 1.87. The Kier molecular flexibility index (Phi) is 4.02. The molecule has 39 heavy (non-hydrogen) atoms. The largest absolute Gasteiger partial charge is 0.454 e. The third kappa shape index (κ3) is 2.65. The summed E-state index contributed by atoms with van der Waals surface area (Å²) in [6.45, 7) is 0. The van der Waals surface area contributed by atoms with Gasteiger partial charge in [-0.1, -0.05) is 78.9 Å². The Morgan fingerprint density at radius 2 is 1.13 bits per heavy atom. The van der Waals surface area contributed by atoms with E-state index in [1.165, 1.54) is 16.2 Å². The topological polar surface area (TPSA) is 35.9 Å². The second kappa shape index (κ2) is 7.59. The molecule has 4 heterocycles. The normalized spacial score (nSPS) is 12.1. The summed E-state index contributed by atoms with van der Waals surface area (Å²) in [5.74, 6) is 0.897. The lowest BCUT2D eigenvalue weighted by Gasteiger charge is -2.10. The van der Waals surface area contributed by atoms with Crippen LogP contribution in [0.25, 0.3) is 77.1 Å². The molecule has 0 fully saturated rings. The van der Waals surface area contributed by atoms with Crippen LogP contribution in [0.2, 0.25) is 0 Å². The molecule has 9 aromatic rings. The van der Waals surface area contributed by atoms with Gasteiger partial charge < -0.3 is 8.98 Å². The van der Waals surface area contributed by atoms with Gasteiger partial charge in [-0.2, -0.15) is 0 Å². The van der Waals surface area contributed by atoms with Gasteiger partial charge in [-0.3, -0.25) is 4.57 Å². The Bertz CT molecular complexity index is 2370. The molecule has 0 unspecified atom stereocenters. The SMILES string of the molecule is c1ccc(-n2c3ccccc3c3c2c2oc4ccccc4c2c2c4ccccc4n(-c4ccccn4)c23)cc1. The summed E-state index contributed by atoms with van der Waals surface area (Å²) >= 11 is 0. The molecule has 0 aliphatic carbocycles. The molecule has 0 radical (unpaired) electrons. The van der Waals surface area contributed by atoms with E-state index in [1.54, 1.807) is 0 Å². The summed E-state index contributed by atoms with van der Waals surface area (Å²) < 4.78 is 11.5. The minimum Gasteiger partial charge on any atom is -0.454 e. The summed E-state index contributed by atoms with van der Waals surface area (Å²) in [5.41, 5.74) is 7.39. The molecule has 5 aromatic carbocycles. The first-order chi connectivity index (χ1) is 19.4. The van der Waals surface area contributed by atoms with Crippen molar-refractivity contribution in [2.75, 3.05) is 0 Å². The van der Waals surface area contributed by atoms with Crippen LogP contribution in [0.1, 0.15) is 0 Å². The number of fused-ring (bicyclic) bond motifs is 12. The Labute approximate surface area is 222 Å². The fraction of sp³-hybridized carbons (Fsp3) is 0. The molecule has 9 rings (SSSR count). The first-order valence-electron chi connectivity index (χ1n) is 13.2. The molecule has 0 aliphatic rings. The van der Waals surface area contributed by atoms with Crippen LogP contribution in [0.3, 0.4) is 0 Å². The van der Waals surface area contributed by atoms with Crippen LogP contribution in [0.4, 0.5) is 0 Å². The van der Waals surface area contributed by atoms with E-state index in [2.05, 4.69) is 118 Å². The van der Waals surface area contributed by atoms with Gasteiger partial charge in [0, 0.05) is 44.2 Å². The number of hydrogen-bond donors (Lipinski definition) is 0. The maximum absolute atomic E-state index is 6.78. The number of hydrogen-bond acceptors (Lipinski definition) is 2. The first kappa shape index (κ1) is 20.7. The van der Waals surface area contributed by atoms with Crippen molar-refractivity contribution in [2.45, 2.75) is 0 Å². The maximum atomic E-state index is 6.78. The molecule has 0 saturated carbocycles. The van der Waals surface area contributed by atoms with E-state index < -0.39 is 0 Å². The Balaban J connectivity index is 1.70. The number of furan rings is 1. The van der Waals surface area contributed by atoms with Gasteiger partial charge in [0.1, 0.15) is 11.4 Å². The van der Waals surface area contributed by atoms with E-state index in [4.69, 9.17) is 9.40 Å². The van der Waals surface area contributed by atoms with Crippen molar-refractivity contribution in [3.05, 3.63) is 128 Å². The molecule has 182 valence electrons. The Hall–Kier alpha value is -5.35. The molecule has 0 amide bonds. The number of aromatic nitrogens is 3. The van der Waals surface area contributed by atoms with Crippen molar-refractivity contribution < 1.29 is 4.42 Å². The Morgan fingerprint density at radius 3 is 1.90 bits per heavy atom. The van der Waals surface area contributed by atoms with Crippen LogP contribution in [-0.4, -0.2) is 14.1 Å². The third-order valence-corrected chi connectivity index (χ3v) is 7.94. The predicted octanol–water partition coefficient (Wildman–Crippen LogP) is 9.18. The second-order valence-electron chi connectivity index (χ2n) is 9.98. The smallest absolute Gasteiger partial charge is 0.160 e. The lowest BCUT2D eigenvalue weighted by Crippen LogP contribution is -1.97. The molecular weight excluding hydrogens is 478 g/mol. The molecule has 4 heteroatoms. The van der Waals surface area contributed by atoms with Crippen LogP contribution in [0.15, 0.2) is 132 Å². The van der Waals surface area contributed by atoms with Crippen molar-refractivity contribution in [1.82, 2.24) is 14.1 Å². The monoisotopic (exact) mass is 499 g/mol. The molecule has 4 nitrogen and oxygen atoms in total. The van der Waals surface area contributed by atoms with Gasteiger partial charge in [0.25, 0.3) is 0 Å². The molecule has 0 N–H and O–H groups in total. The number of benzene rings is 5. The highest BCUT2D eigenvalue weighted by Crippen LogP contribution is 2.49. The van der Waals surface area contributed by atoms with Gasteiger partial charge in [-0.25, -0.2) is 4.98 Å². The standard InChI is InChI=1S/C35H21N3O/c1-2-12-22(13-3-1)37-26-17-7-5-15-24(26)32-33-30(31-25-16-6-9-19-28(25)39-35(31)34(32)37)23-14-4-8-18-27(23)38(33)29-20-10-11-21-36-29/h1-21H.